The van der Waals surface area contributed by atoms with Gasteiger partial charge < -0.3 is 20.3 Å². The molecular weight excluding hydrogens is 478 g/mol. The van der Waals surface area contributed by atoms with Crippen LogP contribution < -0.4 is 10.6 Å². The molecule has 1 aromatic rings. The lowest BCUT2D eigenvalue weighted by Crippen LogP contribution is -2.52. The summed E-state index contributed by atoms with van der Waals surface area (Å²) in [5.74, 6) is 2.04. The summed E-state index contributed by atoms with van der Waals surface area (Å²) in [4.78, 5) is 41.5. The van der Waals surface area contributed by atoms with Crippen molar-refractivity contribution in [1.82, 2.24) is 15.5 Å². The summed E-state index contributed by atoms with van der Waals surface area (Å²) < 4.78 is 5.35. The molecule has 2 unspecified atom stereocenters. The van der Waals surface area contributed by atoms with E-state index in [-0.39, 0.29) is 11.8 Å². The summed E-state index contributed by atoms with van der Waals surface area (Å²) in [6.45, 7) is 12.1. The largest absolute Gasteiger partial charge is 0.444 e. The number of ether oxygens (including phenoxy) is 1. The van der Waals surface area contributed by atoms with Gasteiger partial charge in [-0.2, -0.15) is 0 Å². The van der Waals surface area contributed by atoms with Crippen LogP contribution in [0.1, 0.15) is 116 Å². The molecule has 0 aromatic heterocycles. The summed E-state index contributed by atoms with van der Waals surface area (Å²) in [5.41, 5.74) is 0.471. The molecule has 0 radical (unpaired) electrons. The maximum absolute atomic E-state index is 13.8. The number of hydrogen-bond donors (Lipinski definition) is 2. The Balaban J connectivity index is 3.30. The summed E-state index contributed by atoms with van der Waals surface area (Å²) >= 11 is 0. The summed E-state index contributed by atoms with van der Waals surface area (Å²) in [6.07, 6.45) is 14.2. The van der Waals surface area contributed by atoms with E-state index in [0.29, 0.717) is 24.2 Å². The molecule has 7 heteroatoms. The Morgan fingerprint density at radius 1 is 0.974 bits per heavy atom. The third-order valence-corrected chi connectivity index (χ3v) is 6.19. The van der Waals surface area contributed by atoms with Crippen LogP contribution in [-0.4, -0.2) is 47.5 Å². The van der Waals surface area contributed by atoms with Crippen LogP contribution in [0.3, 0.4) is 0 Å². The fourth-order valence-electron chi connectivity index (χ4n) is 4.22. The number of terminal acetylenes is 1. The van der Waals surface area contributed by atoms with Crippen LogP contribution in [0.4, 0.5) is 4.79 Å². The number of rotatable bonds is 16. The van der Waals surface area contributed by atoms with Crippen LogP contribution in [0.25, 0.3) is 0 Å². The van der Waals surface area contributed by atoms with Crippen molar-refractivity contribution in [2.24, 2.45) is 0 Å². The van der Waals surface area contributed by atoms with Gasteiger partial charge in [0.1, 0.15) is 17.7 Å². The molecule has 1 rings (SSSR count). The fourth-order valence-corrected chi connectivity index (χ4v) is 4.22. The van der Waals surface area contributed by atoms with Crippen molar-refractivity contribution in [2.75, 3.05) is 13.1 Å². The van der Waals surface area contributed by atoms with E-state index < -0.39 is 23.8 Å². The number of alkyl carbamates (subject to hydrolysis) is 1. The highest BCUT2D eigenvalue weighted by Crippen LogP contribution is 2.26. The van der Waals surface area contributed by atoms with E-state index in [9.17, 15) is 14.4 Å². The van der Waals surface area contributed by atoms with E-state index in [1.807, 2.05) is 12.1 Å². The summed E-state index contributed by atoms with van der Waals surface area (Å²) in [6, 6.07) is 5.43. The van der Waals surface area contributed by atoms with Gasteiger partial charge in [0.05, 0.1) is 0 Å². The predicted molar refractivity (Wildman–Crippen MR) is 154 cm³/mol. The molecule has 0 spiro atoms. The van der Waals surface area contributed by atoms with Crippen molar-refractivity contribution < 1.29 is 19.1 Å². The van der Waals surface area contributed by atoms with Crippen LogP contribution in [0.2, 0.25) is 0 Å². The van der Waals surface area contributed by atoms with E-state index in [1.165, 1.54) is 6.42 Å². The van der Waals surface area contributed by atoms with Gasteiger partial charge in [-0.15, -0.1) is 6.42 Å². The molecular formula is C31H49N3O4. The molecule has 0 saturated heterocycles. The molecule has 0 saturated carbocycles. The molecule has 7 nitrogen and oxygen atoms in total. The molecule has 0 aliphatic carbocycles. The van der Waals surface area contributed by atoms with E-state index in [4.69, 9.17) is 11.2 Å². The number of benzene rings is 1. The Morgan fingerprint density at radius 2 is 1.58 bits per heavy atom. The maximum atomic E-state index is 13.8. The number of hydrogen-bond acceptors (Lipinski definition) is 4. The lowest BCUT2D eigenvalue weighted by Gasteiger charge is -2.34. The molecule has 0 bridgehead atoms. The third kappa shape index (κ3) is 12.0. The van der Waals surface area contributed by atoms with E-state index in [2.05, 4.69) is 30.4 Å². The molecule has 0 aliphatic rings. The van der Waals surface area contributed by atoms with Gasteiger partial charge in [0.25, 0.3) is 0 Å². The van der Waals surface area contributed by atoms with Gasteiger partial charge in [-0.3, -0.25) is 9.59 Å². The highest BCUT2D eigenvalue weighted by molar-refractivity contribution is 5.92. The quantitative estimate of drug-likeness (QED) is 0.200. The second-order valence-corrected chi connectivity index (χ2v) is 10.8. The van der Waals surface area contributed by atoms with Gasteiger partial charge in [0.15, 0.2) is 0 Å². The first kappa shape index (κ1) is 33.0. The highest BCUT2D eigenvalue weighted by Gasteiger charge is 2.35. The minimum atomic E-state index is -0.907. The van der Waals surface area contributed by atoms with Gasteiger partial charge in [-0.1, -0.05) is 82.9 Å². The topological polar surface area (TPSA) is 87.7 Å². The third-order valence-electron chi connectivity index (χ3n) is 6.19. The first-order valence-electron chi connectivity index (χ1n) is 14.2. The van der Waals surface area contributed by atoms with Crippen LogP contribution in [0.15, 0.2) is 24.3 Å². The molecule has 38 heavy (non-hydrogen) atoms. The monoisotopic (exact) mass is 527 g/mol. The molecule has 3 amide bonds. The normalized spacial score (nSPS) is 12.7. The van der Waals surface area contributed by atoms with Crippen molar-refractivity contribution in [3.05, 3.63) is 35.4 Å². The number of carbonyl (C=O) groups is 3. The van der Waals surface area contributed by atoms with Gasteiger partial charge in [0, 0.05) is 18.7 Å². The van der Waals surface area contributed by atoms with E-state index >= 15 is 0 Å². The van der Waals surface area contributed by atoms with Crippen molar-refractivity contribution in [3.8, 4) is 12.3 Å². The van der Waals surface area contributed by atoms with E-state index in [0.717, 1.165) is 51.4 Å². The van der Waals surface area contributed by atoms with Gasteiger partial charge in [0.2, 0.25) is 11.8 Å². The molecule has 0 fully saturated rings. The van der Waals surface area contributed by atoms with Crippen molar-refractivity contribution in [2.45, 2.75) is 117 Å². The molecule has 1 aromatic carbocycles. The zero-order chi connectivity index (χ0) is 28.6. The number of amides is 3. The number of carbonyl (C=O) groups excluding carboxylic acids is 3. The first-order valence-corrected chi connectivity index (χ1v) is 14.2. The average Bonchev–Trinajstić information content (AvgIpc) is 2.86. The zero-order valence-corrected chi connectivity index (χ0v) is 24.4. The lowest BCUT2D eigenvalue weighted by atomic mass is 9.97. The Hall–Kier alpha value is -3.01. The molecule has 0 aliphatic heterocycles. The van der Waals surface area contributed by atoms with E-state index in [1.54, 1.807) is 44.7 Å². The Labute approximate surface area is 230 Å². The van der Waals surface area contributed by atoms with Crippen molar-refractivity contribution in [3.63, 3.8) is 0 Å². The van der Waals surface area contributed by atoms with Crippen LogP contribution in [0, 0.1) is 12.3 Å². The van der Waals surface area contributed by atoms with Gasteiger partial charge in [-0.05, 0) is 52.2 Å². The second kappa shape index (κ2) is 17.5. The highest BCUT2D eigenvalue weighted by atomic mass is 16.6. The summed E-state index contributed by atoms with van der Waals surface area (Å²) in [5, 5.41) is 5.66. The Bertz CT molecular complexity index is 916. The van der Waals surface area contributed by atoms with Gasteiger partial charge >= 0.3 is 6.09 Å². The lowest BCUT2D eigenvalue weighted by molar-refractivity contribution is -0.142. The number of nitrogens with one attached hydrogen (secondary N) is 2. The minimum absolute atomic E-state index is 0.271. The fraction of sp³-hybridized carbons (Fsp3) is 0.645. The van der Waals surface area contributed by atoms with Crippen LogP contribution >= 0.6 is 0 Å². The smallest absolute Gasteiger partial charge is 0.408 e. The zero-order valence-electron chi connectivity index (χ0n) is 24.4. The van der Waals surface area contributed by atoms with Gasteiger partial charge in [-0.25, -0.2) is 4.79 Å². The molecule has 212 valence electrons. The first-order chi connectivity index (χ1) is 18.1. The minimum Gasteiger partial charge on any atom is -0.444 e. The molecule has 2 atom stereocenters. The molecule has 2 N–H and O–H groups in total. The SMILES string of the molecule is C#Cc1ccccc1C(C(=O)NCCCCC)N(CCCCCCCC)C(=O)C(C)NC(=O)OC(C)(C)C. The van der Waals surface area contributed by atoms with Crippen LogP contribution in [0.5, 0.6) is 0 Å². The summed E-state index contributed by atoms with van der Waals surface area (Å²) in [7, 11) is 0. The number of unbranched alkanes of at least 4 members (excludes halogenated alkanes) is 7. The second-order valence-electron chi connectivity index (χ2n) is 10.8. The standard InChI is InChI=1S/C31H49N3O4/c1-8-11-13-14-15-19-23-34(29(36)24(4)33-30(37)38-31(5,6)7)27(28(35)32-22-18-12-9-2)26-21-17-16-20-25(26)10-3/h3,16-17,20-21,24,27H,8-9,11-15,18-19,22-23H2,1-2,4-7H3,(H,32,35)(H,33,37). The van der Waals surface area contributed by atoms with Crippen LogP contribution in [-0.2, 0) is 14.3 Å². The average molecular weight is 528 g/mol. The van der Waals surface area contributed by atoms with Crippen molar-refractivity contribution in [1.29, 1.82) is 0 Å². The maximum Gasteiger partial charge on any atom is 0.408 e. The number of nitrogens with zero attached hydrogens (tertiary/aromatic N) is 1. The predicted octanol–water partition coefficient (Wildman–Crippen LogP) is 6.12. The Morgan fingerprint density at radius 3 is 2.21 bits per heavy atom. The van der Waals surface area contributed by atoms with Crippen molar-refractivity contribution >= 4 is 17.9 Å². The molecule has 0 heterocycles. The Kier molecular flexibility index (Phi) is 15.2.